The number of nitrogens with one attached hydrogen (secondary N) is 1. The van der Waals surface area contributed by atoms with Crippen LogP contribution < -0.4 is 10.2 Å². The molecule has 1 aliphatic rings. The second-order valence-electron chi connectivity index (χ2n) is 9.44. The van der Waals surface area contributed by atoms with Gasteiger partial charge in [-0.25, -0.2) is 5.48 Å². The molecule has 0 aliphatic carbocycles. The number of rotatable bonds is 10. The molecule has 3 N–H and O–H groups in total. The van der Waals surface area contributed by atoms with E-state index in [9.17, 15) is 15.1 Å². The summed E-state index contributed by atoms with van der Waals surface area (Å²) in [5.74, 6) is 0.252. The van der Waals surface area contributed by atoms with Crippen LogP contribution in [-0.2, 0) is 11.2 Å². The molecular weight excluding hydrogens is 480 g/mol. The van der Waals surface area contributed by atoms with Crippen molar-refractivity contribution in [2.24, 2.45) is 5.41 Å². The number of amides is 1. The van der Waals surface area contributed by atoms with E-state index in [-0.39, 0.29) is 0 Å². The van der Waals surface area contributed by atoms with E-state index in [1.54, 1.807) is 7.11 Å². The molecule has 1 aliphatic heterocycles. The van der Waals surface area contributed by atoms with Crippen LogP contribution in [0.5, 0.6) is 5.75 Å². The normalized spacial score (nSPS) is 16.6. The third-order valence-electron chi connectivity index (χ3n) is 7.33. The van der Waals surface area contributed by atoms with E-state index >= 15 is 0 Å². The summed E-state index contributed by atoms with van der Waals surface area (Å²) >= 11 is 6.46. The molecule has 8 nitrogen and oxygen atoms in total. The molecule has 1 aromatic carbocycles. The zero-order chi connectivity index (χ0) is 25.5. The van der Waals surface area contributed by atoms with E-state index in [0.29, 0.717) is 47.5 Å². The van der Waals surface area contributed by atoms with Crippen LogP contribution in [0.1, 0.15) is 49.5 Å². The van der Waals surface area contributed by atoms with Crippen LogP contribution in [0.4, 0.5) is 0 Å². The molecular formula is C27H33ClN4O4. The van der Waals surface area contributed by atoms with Gasteiger partial charge in [0.05, 0.1) is 29.2 Å². The summed E-state index contributed by atoms with van der Waals surface area (Å²) in [6.45, 7) is 2.43. The number of carbonyl (C=O) groups excluding carboxylic acids is 1. The average Bonchev–Trinajstić information content (AvgIpc) is 2.92. The minimum atomic E-state index is -0.894. The predicted molar refractivity (Wildman–Crippen MR) is 138 cm³/mol. The third-order valence-corrected chi connectivity index (χ3v) is 7.63. The summed E-state index contributed by atoms with van der Waals surface area (Å²) in [6.07, 6.45) is 6.32. The van der Waals surface area contributed by atoms with Crippen molar-refractivity contribution >= 4 is 28.4 Å². The van der Waals surface area contributed by atoms with Gasteiger partial charge in [-0.05, 0) is 88.5 Å². The van der Waals surface area contributed by atoms with E-state index in [0.717, 1.165) is 43.6 Å². The molecule has 1 amide bonds. The molecule has 2 aromatic heterocycles. The van der Waals surface area contributed by atoms with Crippen molar-refractivity contribution < 1.29 is 19.8 Å². The molecule has 4 rings (SSSR count). The van der Waals surface area contributed by atoms with Crippen molar-refractivity contribution in [2.75, 3.05) is 26.7 Å². The van der Waals surface area contributed by atoms with Gasteiger partial charge in [-0.1, -0.05) is 17.7 Å². The highest BCUT2D eigenvalue weighted by atomic mass is 35.5. The molecule has 9 heteroatoms. The molecule has 1 saturated heterocycles. The standard InChI is InChI=1S/C27H33ClN4O4/c1-36-20-7-8-23-21(17-20)25(22(28)18-30-23)24(33)9-10-27(26(34)31-35)11-15-32(16-12-27)14-4-6-19-5-2-3-13-29-19/h2-3,5,7-8,13,17-18,24,33,35H,4,6,9-12,14-16H2,1H3,(H,31,34)/t24-/m1/s1. The predicted octanol–water partition coefficient (Wildman–Crippen LogP) is 4.33. The molecule has 0 spiro atoms. The third kappa shape index (κ3) is 5.95. The molecule has 1 fully saturated rings. The van der Waals surface area contributed by atoms with Crippen LogP contribution in [-0.4, -0.2) is 57.8 Å². The van der Waals surface area contributed by atoms with E-state index in [2.05, 4.69) is 14.9 Å². The van der Waals surface area contributed by atoms with Crippen molar-refractivity contribution in [1.29, 1.82) is 0 Å². The highest BCUT2D eigenvalue weighted by molar-refractivity contribution is 6.32. The first kappa shape index (κ1) is 26.3. The van der Waals surface area contributed by atoms with Gasteiger partial charge in [0, 0.05) is 29.0 Å². The second kappa shape index (κ2) is 12.0. The number of benzene rings is 1. The number of halogens is 1. The van der Waals surface area contributed by atoms with Crippen LogP contribution in [0.2, 0.25) is 5.02 Å². The lowest BCUT2D eigenvalue weighted by Gasteiger charge is -2.40. The van der Waals surface area contributed by atoms with Gasteiger partial charge in [-0.2, -0.15) is 0 Å². The minimum Gasteiger partial charge on any atom is -0.497 e. The second-order valence-corrected chi connectivity index (χ2v) is 9.85. The number of fused-ring (bicyclic) bond motifs is 1. The van der Waals surface area contributed by atoms with Crippen LogP contribution >= 0.6 is 11.6 Å². The van der Waals surface area contributed by atoms with Gasteiger partial charge >= 0.3 is 0 Å². The summed E-state index contributed by atoms with van der Waals surface area (Å²) in [5, 5.41) is 21.7. The number of aromatic nitrogens is 2. The van der Waals surface area contributed by atoms with Crippen molar-refractivity contribution in [3.8, 4) is 5.75 Å². The fourth-order valence-corrected chi connectivity index (χ4v) is 5.41. The number of aliphatic hydroxyl groups is 1. The molecule has 0 bridgehead atoms. The zero-order valence-corrected chi connectivity index (χ0v) is 21.2. The Bertz CT molecular complexity index is 1170. The van der Waals surface area contributed by atoms with Crippen molar-refractivity contribution in [3.05, 3.63) is 65.1 Å². The van der Waals surface area contributed by atoms with Gasteiger partial charge in [-0.15, -0.1) is 0 Å². The number of nitrogens with zero attached hydrogens (tertiary/aromatic N) is 3. The minimum absolute atomic E-state index is 0.323. The molecule has 1 atom stereocenters. The van der Waals surface area contributed by atoms with Gasteiger partial charge in [-0.3, -0.25) is 20.0 Å². The number of methoxy groups -OCH3 is 1. The fraction of sp³-hybridized carbons (Fsp3) is 0.444. The van der Waals surface area contributed by atoms with Gasteiger partial charge < -0.3 is 14.7 Å². The molecule has 3 heterocycles. The summed E-state index contributed by atoms with van der Waals surface area (Å²) in [4.78, 5) is 23.9. The first-order valence-corrected chi connectivity index (χ1v) is 12.7. The molecule has 0 saturated carbocycles. The van der Waals surface area contributed by atoms with Gasteiger partial charge in [0.25, 0.3) is 0 Å². The Morgan fingerprint density at radius 3 is 2.75 bits per heavy atom. The first-order valence-electron chi connectivity index (χ1n) is 12.3. The maximum atomic E-state index is 12.8. The lowest BCUT2D eigenvalue weighted by Crippen LogP contribution is -2.48. The van der Waals surface area contributed by atoms with Gasteiger partial charge in [0.15, 0.2) is 0 Å². The van der Waals surface area contributed by atoms with Crippen molar-refractivity contribution in [2.45, 2.75) is 44.6 Å². The molecule has 0 radical (unpaired) electrons. The Kier molecular flexibility index (Phi) is 8.74. The number of aryl methyl sites for hydroxylation is 1. The average molecular weight is 513 g/mol. The van der Waals surface area contributed by atoms with Crippen LogP contribution in [0.3, 0.4) is 0 Å². The Morgan fingerprint density at radius 2 is 2.06 bits per heavy atom. The van der Waals surface area contributed by atoms with Crippen LogP contribution in [0.15, 0.2) is 48.8 Å². The lowest BCUT2D eigenvalue weighted by molar-refractivity contribution is -0.143. The largest absolute Gasteiger partial charge is 0.497 e. The maximum absolute atomic E-state index is 12.8. The highest BCUT2D eigenvalue weighted by Gasteiger charge is 2.41. The Labute approximate surface area is 216 Å². The number of piperidine rings is 1. The fourth-order valence-electron chi connectivity index (χ4n) is 5.13. The first-order chi connectivity index (χ1) is 17.5. The van der Waals surface area contributed by atoms with Crippen molar-refractivity contribution in [1.82, 2.24) is 20.3 Å². The SMILES string of the molecule is COc1ccc2ncc(Cl)c([C@H](O)CCC3(C(=O)NO)CCN(CCCc4ccccn4)CC3)c2c1. The molecule has 3 aromatic rings. The van der Waals surface area contributed by atoms with Crippen molar-refractivity contribution in [3.63, 3.8) is 0 Å². The summed E-state index contributed by atoms with van der Waals surface area (Å²) in [6, 6.07) is 11.4. The van der Waals surface area contributed by atoms with E-state index in [1.807, 2.05) is 48.1 Å². The number of hydrogen-bond acceptors (Lipinski definition) is 7. The number of carbonyl (C=O) groups is 1. The quantitative estimate of drug-likeness (QED) is 0.274. The van der Waals surface area contributed by atoms with Gasteiger partial charge in [0.2, 0.25) is 5.91 Å². The topological polar surface area (TPSA) is 108 Å². The number of aliphatic hydroxyl groups excluding tert-OH is 1. The number of ether oxygens (including phenoxy) is 1. The number of hydrogen-bond donors (Lipinski definition) is 3. The maximum Gasteiger partial charge on any atom is 0.249 e. The zero-order valence-electron chi connectivity index (χ0n) is 20.5. The molecule has 36 heavy (non-hydrogen) atoms. The molecule has 192 valence electrons. The number of hydroxylamine groups is 1. The van der Waals surface area contributed by atoms with Gasteiger partial charge in [0.1, 0.15) is 5.75 Å². The number of pyridine rings is 2. The van der Waals surface area contributed by atoms with E-state index in [4.69, 9.17) is 16.3 Å². The van der Waals surface area contributed by atoms with Crippen LogP contribution in [0, 0.1) is 5.41 Å². The summed E-state index contributed by atoms with van der Waals surface area (Å²) in [5.41, 5.74) is 3.49. The Morgan fingerprint density at radius 1 is 1.25 bits per heavy atom. The number of likely N-dealkylation sites (tertiary alicyclic amines) is 1. The van der Waals surface area contributed by atoms with Crippen LogP contribution in [0.25, 0.3) is 10.9 Å². The Balaban J connectivity index is 1.40. The summed E-state index contributed by atoms with van der Waals surface area (Å²) in [7, 11) is 1.58. The summed E-state index contributed by atoms with van der Waals surface area (Å²) < 4.78 is 5.34. The van der Waals surface area contributed by atoms with E-state index in [1.165, 1.54) is 6.20 Å². The monoisotopic (exact) mass is 512 g/mol. The smallest absolute Gasteiger partial charge is 0.249 e. The Hall–Kier alpha value is -2.78. The molecule has 0 unspecified atom stereocenters. The van der Waals surface area contributed by atoms with E-state index < -0.39 is 17.4 Å². The highest BCUT2D eigenvalue weighted by Crippen LogP contribution is 2.41. The lowest BCUT2D eigenvalue weighted by atomic mass is 9.73.